The van der Waals surface area contributed by atoms with Crippen molar-refractivity contribution in [1.82, 2.24) is 29.6 Å². The third-order valence-corrected chi connectivity index (χ3v) is 4.65. The normalized spacial score (nSPS) is 16.2. The van der Waals surface area contributed by atoms with E-state index in [9.17, 15) is 13.6 Å². The second-order valence-corrected chi connectivity index (χ2v) is 6.76. The van der Waals surface area contributed by atoms with Crippen LogP contribution in [0, 0.1) is 6.92 Å². The lowest BCUT2D eigenvalue weighted by atomic mass is 10.1. The fourth-order valence-electron chi connectivity index (χ4n) is 3.06. The molecule has 0 aliphatic carbocycles. The predicted molar refractivity (Wildman–Crippen MR) is 97.2 cm³/mol. The van der Waals surface area contributed by atoms with E-state index >= 15 is 0 Å². The molecule has 1 fully saturated rings. The topological polar surface area (TPSA) is 76.8 Å². The van der Waals surface area contributed by atoms with Gasteiger partial charge in [0.05, 0.1) is 17.6 Å². The average Bonchev–Trinajstić information content (AvgIpc) is 3.14. The van der Waals surface area contributed by atoms with Crippen molar-refractivity contribution in [2.75, 3.05) is 13.1 Å². The molecule has 1 aliphatic heterocycles. The molecule has 0 spiro atoms. The van der Waals surface area contributed by atoms with Crippen LogP contribution in [0.3, 0.4) is 0 Å². The first-order valence-electron chi connectivity index (χ1n) is 8.89. The van der Waals surface area contributed by atoms with E-state index in [1.165, 1.54) is 28.2 Å². The molecule has 1 saturated heterocycles. The molecule has 1 aliphatic rings. The van der Waals surface area contributed by atoms with E-state index in [0.29, 0.717) is 17.2 Å². The molecule has 0 radical (unpaired) electrons. The number of carbonyl (C=O) groups is 1. The van der Waals surface area contributed by atoms with E-state index in [1.54, 1.807) is 12.3 Å². The molecule has 0 aromatic carbocycles. The first-order valence-corrected chi connectivity index (χ1v) is 8.89. The highest BCUT2D eigenvalue weighted by molar-refractivity contribution is 5.93. The van der Waals surface area contributed by atoms with Crippen LogP contribution in [-0.2, 0) is 0 Å². The Morgan fingerprint density at radius 1 is 1.11 bits per heavy atom. The molecule has 0 bridgehead atoms. The molecule has 1 amide bonds. The van der Waals surface area contributed by atoms with Crippen molar-refractivity contribution in [3.63, 3.8) is 0 Å². The van der Waals surface area contributed by atoms with Crippen LogP contribution in [0.25, 0.3) is 17.2 Å². The summed E-state index contributed by atoms with van der Waals surface area (Å²) in [6.07, 6.45) is 5.64. The highest BCUT2D eigenvalue weighted by atomic mass is 19.3. The molecule has 28 heavy (non-hydrogen) atoms. The number of rotatable bonds is 3. The molecule has 3 aromatic rings. The molecular formula is C19H18F2N6O. The summed E-state index contributed by atoms with van der Waals surface area (Å²) in [6.45, 7) is 1.93. The monoisotopic (exact) mass is 384 g/mol. The maximum Gasteiger partial charge on any atom is 0.274 e. The van der Waals surface area contributed by atoms with E-state index in [-0.39, 0.29) is 37.5 Å². The molecule has 9 heteroatoms. The quantitative estimate of drug-likeness (QED) is 0.694. The summed E-state index contributed by atoms with van der Waals surface area (Å²) < 4.78 is 28.3. The number of hydrogen-bond acceptors (Lipinski definition) is 5. The number of carbonyl (C=O) groups excluding carboxylic acids is 1. The Kier molecular flexibility index (Phi) is 4.58. The number of pyridine rings is 1. The number of nitrogens with zero attached hydrogens (tertiary/aromatic N) is 6. The second kappa shape index (κ2) is 7.06. The van der Waals surface area contributed by atoms with Gasteiger partial charge in [0.15, 0.2) is 11.5 Å². The van der Waals surface area contributed by atoms with Crippen molar-refractivity contribution in [2.24, 2.45) is 0 Å². The summed E-state index contributed by atoms with van der Waals surface area (Å²) in [7, 11) is 0. The predicted octanol–water partition coefficient (Wildman–Crippen LogP) is 2.90. The lowest BCUT2D eigenvalue weighted by molar-refractivity contribution is -0.0495. The van der Waals surface area contributed by atoms with Gasteiger partial charge in [-0.25, -0.2) is 18.4 Å². The maximum absolute atomic E-state index is 13.4. The van der Waals surface area contributed by atoms with Crippen LogP contribution in [-0.4, -0.2) is 54.6 Å². The van der Waals surface area contributed by atoms with Crippen LogP contribution < -0.4 is 0 Å². The van der Waals surface area contributed by atoms with E-state index in [1.807, 2.05) is 19.1 Å². The molecule has 0 saturated carbocycles. The first-order chi connectivity index (χ1) is 13.4. The van der Waals surface area contributed by atoms with Gasteiger partial charge in [0.1, 0.15) is 0 Å². The molecule has 4 heterocycles. The maximum atomic E-state index is 13.4. The Morgan fingerprint density at radius 3 is 2.54 bits per heavy atom. The van der Waals surface area contributed by atoms with E-state index in [2.05, 4.69) is 20.1 Å². The number of hydrogen-bond donors (Lipinski definition) is 0. The van der Waals surface area contributed by atoms with E-state index in [4.69, 9.17) is 0 Å². The van der Waals surface area contributed by atoms with Crippen molar-refractivity contribution in [3.05, 3.63) is 54.2 Å². The summed E-state index contributed by atoms with van der Waals surface area (Å²) in [5.74, 6) is -2.66. The molecule has 144 valence electrons. The van der Waals surface area contributed by atoms with Gasteiger partial charge in [-0.3, -0.25) is 14.8 Å². The van der Waals surface area contributed by atoms with Crippen molar-refractivity contribution in [3.8, 4) is 17.2 Å². The summed E-state index contributed by atoms with van der Waals surface area (Å²) in [4.78, 5) is 26.9. The molecule has 3 aromatic heterocycles. The largest absolute Gasteiger partial charge is 0.337 e. The van der Waals surface area contributed by atoms with E-state index < -0.39 is 5.92 Å². The Morgan fingerprint density at radius 2 is 1.89 bits per heavy atom. The Hall–Kier alpha value is -3.23. The summed E-state index contributed by atoms with van der Waals surface area (Å²) in [6, 6.07) is 5.35. The van der Waals surface area contributed by atoms with Gasteiger partial charge in [0, 0.05) is 44.5 Å². The fourth-order valence-corrected chi connectivity index (χ4v) is 3.06. The number of aromatic nitrogens is 5. The highest BCUT2D eigenvalue weighted by Crippen LogP contribution is 2.29. The summed E-state index contributed by atoms with van der Waals surface area (Å²) in [5.41, 5.74) is 2.35. The number of alkyl halides is 2. The number of piperidine rings is 1. The number of aryl methyl sites for hydroxylation is 1. The van der Waals surface area contributed by atoms with Gasteiger partial charge in [-0.1, -0.05) is 6.07 Å². The second-order valence-electron chi connectivity index (χ2n) is 6.76. The molecule has 4 rings (SSSR count). The molecule has 0 unspecified atom stereocenters. The first kappa shape index (κ1) is 18.1. The lowest BCUT2D eigenvalue weighted by Crippen LogP contribution is -2.42. The lowest BCUT2D eigenvalue weighted by Gasteiger charge is -2.31. The van der Waals surface area contributed by atoms with Crippen molar-refractivity contribution in [2.45, 2.75) is 25.7 Å². The Labute approximate surface area is 160 Å². The fraction of sp³-hybridized carbons (Fsp3) is 0.316. The van der Waals surface area contributed by atoms with Crippen LogP contribution in [0.5, 0.6) is 0 Å². The van der Waals surface area contributed by atoms with Gasteiger partial charge >= 0.3 is 0 Å². The average molecular weight is 384 g/mol. The number of amides is 1. The third-order valence-electron chi connectivity index (χ3n) is 4.65. The van der Waals surface area contributed by atoms with Crippen LogP contribution in [0.1, 0.15) is 28.9 Å². The van der Waals surface area contributed by atoms with Gasteiger partial charge in [0.25, 0.3) is 11.8 Å². The minimum Gasteiger partial charge on any atom is -0.337 e. The summed E-state index contributed by atoms with van der Waals surface area (Å²) in [5, 5.41) is 4.39. The minimum atomic E-state index is -2.72. The minimum absolute atomic E-state index is 0.00194. The van der Waals surface area contributed by atoms with Crippen molar-refractivity contribution < 1.29 is 13.6 Å². The SMILES string of the molecule is Cc1ccc(-c2cc(C(=O)N3CCC(F)(F)CC3)nn2-c2cnccn2)nc1. The van der Waals surface area contributed by atoms with E-state index in [0.717, 1.165) is 5.56 Å². The molecule has 0 atom stereocenters. The smallest absolute Gasteiger partial charge is 0.274 e. The number of halogens is 2. The Balaban J connectivity index is 1.71. The number of likely N-dealkylation sites (tertiary alicyclic amines) is 1. The van der Waals surface area contributed by atoms with Crippen molar-refractivity contribution in [1.29, 1.82) is 0 Å². The van der Waals surface area contributed by atoms with Gasteiger partial charge in [-0.05, 0) is 24.6 Å². The molecular weight excluding hydrogens is 366 g/mol. The summed E-state index contributed by atoms with van der Waals surface area (Å²) >= 11 is 0. The van der Waals surface area contributed by atoms with Gasteiger partial charge in [-0.15, -0.1) is 0 Å². The zero-order valence-electron chi connectivity index (χ0n) is 15.2. The van der Waals surface area contributed by atoms with Gasteiger partial charge < -0.3 is 4.90 Å². The van der Waals surface area contributed by atoms with Gasteiger partial charge in [-0.2, -0.15) is 5.10 Å². The third kappa shape index (κ3) is 3.60. The Bertz CT molecular complexity index is 977. The highest BCUT2D eigenvalue weighted by Gasteiger charge is 2.36. The van der Waals surface area contributed by atoms with Crippen LogP contribution in [0.4, 0.5) is 8.78 Å². The standard InChI is InChI=1S/C19H18F2N6O/c1-13-2-3-14(24-11-13)16-10-15(25-27(16)17-12-22-6-7-23-17)18(28)26-8-4-19(20,21)5-9-26/h2-3,6-7,10-12H,4-5,8-9H2,1H3. The zero-order chi connectivity index (χ0) is 19.7. The van der Waals surface area contributed by atoms with Crippen LogP contribution in [0.2, 0.25) is 0 Å². The molecule has 7 nitrogen and oxygen atoms in total. The van der Waals surface area contributed by atoms with Crippen molar-refractivity contribution >= 4 is 5.91 Å². The molecule has 0 N–H and O–H groups in total. The van der Waals surface area contributed by atoms with Crippen LogP contribution >= 0.6 is 0 Å². The zero-order valence-corrected chi connectivity index (χ0v) is 15.2. The van der Waals surface area contributed by atoms with Crippen LogP contribution in [0.15, 0.2) is 43.0 Å². The van der Waals surface area contributed by atoms with Gasteiger partial charge in [0.2, 0.25) is 0 Å².